The van der Waals surface area contributed by atoms with Gasteiger partial charge >= 0.3 is 5.97 Å². The topological polar surface area (TPSA) is 57.0 Å². The Bertz CT molecular complexity index is 363. The fraction of sp³-hybridized carbons (Fsp3) is 0.625. The summed E-state index contributed by atoms with van der Waals surface area (Å²) in [6, 6.07) is 0. The molecule has 1 aromatic heterocycles. The van der Waals surface area contributed by atoms with Crippen molar-refractivity contribution in [2.24, 2.45) is 0 Å². The van der Waals surface area contributed by atoms with Gasteiger partial charge in [-0.25, -0.2) is 9.67 Å². The average molecular weight is 260 g/mol. The molecule has 0 saturated carbocycles. The van der Waals surface area contributed by atoms with Crippen LogP contribution in [-0.4, -0.2) is 27.8 Å². The lowest BCUT2D eigenvalue weighted by Gasteiger charge is -2.19. The molecule has 0 spiro atoms. The molecule has 0 aromatic carbocycles. The first-order chi connectivity index (χ1) is 6.72. The molecule has 0 amide bonds. The van der Waals surface area contributed by atoms with Gasteiger partial charge in [-0.15, -0.1) is 5.10 Å². The molecule has 2 rings (SSSR count). The lowest BCUT2D eigenvalue weighted by atomic mass is 9.99. The summed E-state index contributed by atoms with van der Waals surface area (Å²) in [7, 11) is 1.40. The predicted molar refractivity (Wildman–Crippen MR) is 51.7 cm³/mol. The van der Waals surface area contributed by atoms with Crippen molar-refractivity contribution in [3.8, 4) is 0 Å². The Labute approximate surface area is 89.6 Å². The summed E-state index contributed by atoms with van der Waals surface area (Å²) >= 11 is 3.20. The third-order valence-electron chi connectivity index (χ3n) is 2.33. The largest absolute Gasteiger partial charge is 0.468 e. The van der Waals surface area contributed by atoms with Crippen LogP contribution in [0.1, 0.15) is 24.6 Å². The second-order valence-electron chi connectivity index (χ2n) is 3.18. The number of carbonyl (C=O) groups is 1. The highest BCUT2D eigenvalue weighted by atomic mass is 79.9. The van der Waals surface area contributed by atoms with Gasteiger partial charge in [0.2, 0.25) is 4.73 Å². The first-order valence-electron chi connectivity index (χ1n) is 4.40. The molecule has 1 atom stereocenters. The number of esters is 1. The van der Waals surface area contributed by atoms with Gasteiger partial charge in [0.25, 0.3) is 0 Å². The molecule has 6 heteroatoms. The molecular weight excluding hydrogens is 250 g/mol. The Morgan fingerprint density at radius 2 is 2.50 bits per heavy atom. The highest BCUT2D eigenvalue weighted by Gasteiger charge is 2.30. The number of carbonyl (C=O) groups excluding carboxylic acids is 1. The zero-order chi connectivity index (χ0) is 10.1. The Morgan fingerprint density at radius 1 is 1.71 bits per heavy atom. The first-order valence-corrected chi connectivity index (χ1v) is 5.19. The molecule has 2 heterocycles. The van der Waals surface area contributed by atoms with Crippen LogP contribution >= 0.6 is 15.9 Å². The van der Waals surface area contributed by atoms with Crippen molar-refractivity contribution in [1.29, 1.82) is 0 Å². The van der Waals surface area contributed by atoms with Gasteiger partial charge in [0, 0.05) is 6.54 Å². The second-order valence-corrected chi connectivity index (χ2v) is 3.89. The van der Waals surface area contributed by atoms with Gasteiger partial charge in [-0.3, -0.25) is 4.79 Å². The van der Waals surface area contributed by atoms with E-state index in [0.717, 1.165) is 19.4 Å². The van der Waals surface area contributed by atoms with Crippen LogP contribution in [0.25, 0.3) is 0 Å². The molecule has 14 heavy (non-hydrogen) atoms. The highest BCUT2D eigenvalue weighted by Crippen LogP contribution is 2.27. The Kier molecular flexibility index (Phi) is 2.54. The van der Waals surface area contributed by atoms with Crippen LogP contribution in [0.4, 0.5) is 0 Å². The minimum absolute atomic E-state index is 0.231. The van der Waals surface area contributed by atoms with E-state index in [0.29, 0.717) is 10.6 Å². The van der Waals surface area contributed by atoms with Gasteiger partial charge in [0.15, 0.2) is 0 Å². The van der Waals surface area contributed by atoms with E-state index in [-0.39, 0.29) is 11.9 Å². The van der Waals surface area contributed by atoms with Crippen molar-refractivity contribution in [3.05, 3.63) is 10.6 Å². The molecule has 1 aliphatic rings. The van der Waals surface area contributed by atoms with Gasteiger partial charge in [-0.1, -0.05) is 0 Å². The van der Waals surface area contributed by atoms with Crippen molar-refractivity contribution >= 4 is 21.9 Å². The number of aryl methyl sites for hydroxylation is 1. The quantitative estimate of drug-likeness (QED) is 0.709. The molecule has 0 saturated heterocycles. The van der Waals surface area contributed by atoms with Gasteiger partial charge in [-0.05, 0) is 28.8 Å². The second kappa shape index (κ2) is 3.68. The van der Waals surface area contributed by atoms with Crippen LogP contribution in [0, 0.1) is 0 Å². The fourth-order valence-electron chi connectivity index (χ4n) is 1.69. The van der Waals surface area contributed by atoms with E-state index in [2.05, 4.69) is 26.0 Å². The number of methoxy groups -OCH3 is 1. The summed E-state index contributed by atoms with van der Waals surface area (Å²) in [6.07, 6.45) is 1.72. The fourth-order valence-corrected chi connectivity index (χ4v) is 2.06. The monoisotopic (exact) mass is 259 g/mol. The van der Waals surface area contributed by atoms with Crippen LogP contribution in [0.5, 0.6) is 0 Å². The number of aromatic nitrogens is 3. The van der Waals surface area contributed by atoms with E-state index in [1.807, 2.05) is 0 Å². The summed E-state index contributed by atoms with van der Waals surface area (Å²) in [6.45, 7) is 0.821. The minimum atomic E-state index is -0.257. The summed E-state index contributed by atoms with van der Waals surface area (Å²) in [5, 5.41) is 4.13. The molecule has 0 fully saturated rings. The molecular formula is C8H10BrN3O2. The maximum absolute atomic E-state index is 11.4. The van der Waals surface area contributed by atoms with Gasteiger partial charge in [-0.2, -0.15) is 0 Å². The number of nitrogens with zero attached hydrogens (tertiary/aromatic N) is 3. The molecule has 76 valence electrons. The van der Waals surface area contributed by atoms with Crippen molar-refractivity contribution in [3.63, 3.8) is 0 Å². The van der Waals surface area contributed by atoms with E-state index in [9.17, 15) is 4.79 Å². The molecule has 5 nitrogen and oxygen atoms in total. The normalized spacial score (nSPS) is 20.3. The van der Waals surface area contributed by atoms with Crippen LogP contribution in [0.2, 0.25) is 0 Å². The smallest absolute Gasteiger partial charge is 0.316 e. The number of fused-ring (bicyclic) bond motifs is 1. The van der Waals surface area contributed by atoms with Gasteiger partial charge in [0.1, 0.15) is 11.7 Å². The molecule has 1 aromatic rings. The Morgan fingerprint density at radius 3 is 3.21 bits per heavy atom. The third-order valence-corrected chi connectivity index (χ3v) is 2.67. The number of rotatable bonds is 1. The van der Waals surface area contributed by atoms with E-state index in [4.69, 9.17) is 4.74 Å². The van der Waals surface area contributed by atoms with Crippen molar-refractivity contribution in [2.75, 3.05) is 7.11 Å². The standard InChI is InChI=1S/C8H10BrN3O2/c1-14-7(13)5-3-2-4-12-6(5)10-8(9)11-12/h5H,2-4H2,1H3. The molecule has 0 radical (unpaired) electrons. The van der Waals surface area contributed by atoms with E-state index in [1.165, 1.54) is 7.11 Å². The van der Waals surface area contributed by atoms with Crippen LogP contribution in [0.15, 0.2) is 4.73 Å². The maximum Gasteiger partial charge on any atom is 0.316 e. The molecule has 1 unspecified atom stereocenters. The summed E-state index contributed by atoms with van der Waals surface area (Å²) < 4.78 is 7.01. The Balaban J connectivity index is 2.34. The summed E-state index contributed by atoms with van der Waals surface area (Å²) in [5.74, 6) is 0.216. The SMILES string of the molecule is COC(=O)C1CCCn2nc(Br)nc21. The third kappa shape index (κ3) is 1.54. The number of hydrogen-bond acceptors (Lipinski definition) is 4. The Hall–Kier alpha value is -0.910. The van der Waals surface area contributed by atoms with Gasteiger partial charge in [0.05, 0.1) is 7.11 Å². The van der Waals surface area contributed by atoms with Gasteiger partial charge < -0.3 is 4.74 Å². The van der Waals surface area contributed by atoms with E-state index in [1.54, 1.807) is 4.68 Å². The van der Waals surface area contributed by atoms with E-state index < -0.39 is 0 Å². The summed E-state index contributed by atoms with van der Waals surface area (Å²) in [4.78, 5) is 15.6. The number of ether oxygens (including phenoxy) is 1. The molecule has 0 N–H and O–H groups in total. The van der Waals surface area contributed by atoms with E-state index >= 15 is 0 Å². The molecule has 0 bridgehead atoms. The zero-order valence-corrected chi connectivity index (χ0v) is 9.32. The predicted octanol–water partition coefficient (Wildman–Crippen LogP) is 1.09. The zero-order valence-electron chi connectivity index (χ0n) is 7.73. The first kappa shape index (κ1) is 9.64. The summed E-state index contributed by atoms with van der Waals surface area (Å²) in [5.41, 5.74) is 0. The molecule has 1 aliphatic heterocycles. The maximum atomic E-state index is 11.4. The lowest BCUT2D eigenvalue weighted by Crippen LogP contribution is -2.24. The number of halogens is 1. The van der Waals surface area contributed by atoms with Crippen LogP contribution in [0.3, 0.4) is 0 Å². The lowest BCUT2D eigenvalue weighted by molar-refractivity contribution is -0.143. The average Bonchev–Trinajstić information content (AvgIpc) is 2.56. The molecule has 0 aliphatic carbocycles. The minimum Gasteiger partial charge on any atom is -0.468 e. The van der Waals surface area contributed by atoms with Crippen molar-refractivity contribution < 1.29 is 9.53 Å². The van der Waals surface area contributed by atoms with Crippen molar-refractivity contribution in [2.45, 2.75) is 25.3 Å². The van der Waals surface area contributed by atoms with Crippen molar-refractivity contribution in [1.82, 2.24) is 14.8 Å². The van der Waals surface area contributed by atoms with Crippen LogP contribution in [-0.2, 0) is 16.1 Å². The highest BCUT2D eigenvalue weighted by molar-refractivity contribution is 9.10. The number of hydrogen-bond donors (Lipinski definition) is 0. The van der Waals surface area contributed by atoms with Crippen LogP contribution < -0.4 is 0 Å².